The van der Waals surface area contributed by atoms with E-state index in [1.807, 2.05) is 0 Å². The van der Waals surface area contributed by atoms with Gasteiger partial charge in [-0.1, -0.05) is 27.5 Å². The van der Waals surface area contributed by atoms with Crippen molar-refractivity contribution in [1.29, 1.82) is 0 Å². The number of hydrogen-bond acceptors (Lipinski definition) is 4. The van der Waals surface area contributed by atoms with Crippen molar-refractivity contribution in [2.45, 2.75) is 26.4 Å². The van der Waals surface area contributed by atoms with Crippen LogP contribution >= 0.6 is 27.5 Å². The Morgan fingerprint density at radius 3 is 2.48 bits per heavy atom. The number of carbonyl (C=O) groups excluding carboxylic acids is 1. The van der Waals surface area contributed by atoms with E-state index in [2.05, 4.69) is 15.9 Å². The highest BCUT2D eigenvalue weighted by Crippen LogP contribution is 2.29. The van der Waals surface area contributed by atoms with E-state index in [1.54, 1.807) is 32.9 Å². The molecule has 0 bridgehead atoms. The zero-order valence-electron chi connectivity index (χ0n) is 11.7. The van der Waals surface area contributed by atoms with Gasteiger partial charge in [0.25, 0.3) is 0 Å². The SMILES string of the molecule is CC(C)(C)OC(=O)n1c(B(O)O)cc2cc(Br)cc(Cl)c21. The first-order valence-corrected chi connectivity index (χ1v) is 7.37. The second-order valence-corrected chi connectivity index (χ2v) is 6.91. The standard InChI is InChI=1S/C13H14BBrClNO4/c1-13(2,3)21-12(18)17-10(14(19)20)5-7-4-8(15)6-9(16)11(7)17/h4-6,19-20H,1-3H3. The van der Waals surface area contributed by atoms with Crippen LogP contribution in [0, 0.1) is 0 Å². The summed E-state index contributed by atoms with van der Waals surface area (Å²) in [6.45, 7) is 5.18. The Hall–Kier alpha value is -1.02. The molecule has 2 aromatic rings. The van der Waals surface area contributed by atoms with E-state index in [1.165, 1.54) is 6.07 Å². The van der Waals surface area contributed by atoms with Crippen molar-refractivity contribution >= 4 is 57.2 Å². The van der Waals surface area contributed by atoms with Gasteiger partial charge in [-0.05, 0) is 39.0 Å². The van der Waals surface area contributed by atoms with Crippen LogP contribution in [0.5, 0.6) is 0 Å². The first-order chi connectivity index (χ1) is 9.60. The Morgan fingerprint density at radius 1 is 1.33 bits per heavy atom. The van der Waals surface area contributed by atoms with Gasteiger partial charge >= 0.3 is 13.2 Å². The van der Waals surface area contributed by atoms with E-state index >= 15 is 0 Å². The number of fused-ring (bicyclic) bond motifs is 1. The highest BCUT2D eigenvalue weighted by Gasteiger charge is 2.28. The van der Waals surface area contributed by atoms with Gasteiger partial charge in [0, 0.05) is 9.86 Å². The van der Waals surface area contributed by atoms with Gasteiger partial charge in [-0.3, -0.25) is 4.57 Å². The van der Waals surface area contributed by atoms with Crippen molar-refractivity contribution in [3.05, 3.63) is 27.7 Å². The lowest BCUT2D eigenvalue weighted by molar-refractivity contribution is 0.0547. The molecule has 1 heterocycles. The van der Waals surface area contributed by atoms with Crippen LogP contribution in [-0.4, -0.2) is 33.4 Å². The third kappa shape index (κ3) is 3.43. The van der Waals surface area contributed by atoms with Crippen molar-refractivity contribution in [1.82, 2.24) is 4.57 Å². The van der Waals surface area contributed by atoms with Crippen molar-refractivity contribution in [2.75, 3.05) is 0 Å². The summed E-state index contributed by atoms with van der Waals surface area (Å²) in [6, 6.07) is 4.84. The first-order valence-electron chi connectivity index (χ1n) is 6.20. The van der Waals surface area contributed by atoms with Crippen LogP contribution in [0.15, 0.2) is 22.7 Å². The van der Waals surface area contributed by atoms with Crippen LogP contribution in [0.25, 0.3) is 10.9 Å². The van der Waals surface area contributed by atoms with Gasteiger partial charge in [0.1, 0.15) is 5.60 Å². The molecule has 1 aromatic heterocycles. The van der Waals surface area contributed by atoms with Gasteiger partial charge in [0.15, 0.2) is 0 Å². The van der Waals surface area contributed by atoms with Gasteiger partial charge < -0.3 is 14.8 Å². The number of halogens is 2. The molecular weight excluding hydrogens is 360 g/mol. The Labute approximate surface area is 135 Å². The molecule has 5 nitrogen and oxygen atoms in total. The molecule has 0 unspecified atom stereocenters. The first kappa shape index (κ1) is 16.4. The maximum atomic E-state index is 12.3. The Morgan fingerprint density at radius 2 is 1.95 bits per heavy atom. The predicted molar refractivity (Wildman–Crippen MR) is 86.1 cm³/mol. The smallest absolute Gasteiger partial charge is 0.443 e. The molecule has 0 fully saturated rings. The van der Waals surface area contributed by atoms with Crippen molar-refractivity contribution < 1.29 is 19.6 Å². The van der Waals surface area contributed by atoms with E-state index in [9.17, 15) is 14.8 Å². The van der Waals surface area contributed by atoms with Crippen LogP contribution in [-0.2, 0) is 4.74 Å². The molecule has 2 N–H and O–H groups in total. The maximum Gasteiger partial charge on any atom is 0.506 e. The fourth-order valence-electron chi connectivity index (χ4n) is 1.98. The maximum absolute atomic E-state index is 12.3. The third-order valence-corrected chi connectivity index (χ3v) is 3.43. The largest absolute Gasteiger partial charge is 0.506 e. The van der Waals surface area contributed by atoms with E-state index in [4.69, 9.17) is 16.3 Å². The number of aromatic nitrogens is 1. The van der Waals surface area contributed by atoms with Crippen LogP contribution in [0.1, 0.15) is 20.8 Å². The lowest BCUT2D eigenvalue weighted by atomic mass is 9.86. The average molecular weight is 374 g/mol. The van der Waals surface area contributed by atoms with Gasteiger partial charge in [0.2, 0.25) is 0 Å². The monoisotopic (exact) mass is 373 g/mol. The topological polar surface area (TPSA) is 71.7 Å². The number of rotatable bonds is 1. The molecule has 0 radical (unpaired) electrons. The van der Waals surface area contributed by atoms with Gasteiger partial charge in [-0.25, -0.2) is 4.79 Å². The molecule has 0 aliphatic heterocycles. The zero-order chi connectivity index (χ0) is 15.9. The summed E-state index contributed by atoms with van der Waals surface area (Å²) in [4.78, 5) is 12.3. The molecule has 0 amide bonds. The van der Waals surface area contributed by atoms with Crippen molar-refractivity contribution in [3.8, 4) is 0 Å². The molecule has 21 heavy (non-hydrogen) atoms. The van der Waals surface area contributed by atoms with Crippen LogP contribution < -0.4 is 5.59 Å². The summed E-state index contributed by atoms with van der Waals surface area (Å²) in [5.41, 5.74) is -0.343. The molecule has 8 heteroatoms. The molecule has 0 aliphatic rings. The average Bonchev–Trinajstić information content (AvgIpc) is 2.65. The Kier molecular flexibility index (Phi) is 4.40. The van der Waals surface area contributed by atoms with Crippen LogP contribution in [0.3, 0.4) is 0 Å². The summed E-state index contributed by atoms with van der Waals surface area (Å²) in [5, 5.41) is 19.9. The molecule has 0 atom stereocenters. The normalized spacial score (nSPS) is 11.8. The van der Waals surface area contributed by atoms with E-state index in [0.717, 1.165) is 9.04 Å². The van der Waals surface area contributed by atoms with Gasteiger partial charge in [-0.15, -0.1) is 0 Å². The fourth-order valence-corrected chi connectivity index (χ4v) is 2.90. The minimum absolute atomic E-state index is 0.000694. The quantitative estimate of drug-likeness (QED) is 0.753. The molecule has 1 aromatic carbocycles. The third-order valence-electron chi connectivity index (χ3n) is 2.68. The summed E-state index contributed by atoms with van der Waals surface area (Å²) in [7, 11) is -1.82. The lowest BCUT2D eigenvalue weighted by Gasteiger charge is -2.21. The molecule has 0 aliphatic carbocycles. The summed E-state index contributed by atoms with van der Waals surface area (Å²) >= 11 is 9.48. The summed E-state index contributed by atoms with van der Waals surface area (Å²) in [6.07, 6.45) is -0.718. The second-order valence-electron chi connectivity index (χ2n) is 5.58. The zero-order valence-corrected chi connectivity index (χ0v) is 14.1. The predicted octanol–water partition coefficient (Wildman–Crippen LogP) is 2.52. The van der Waals surface area contributed by atoms with Crippen molar-refractivity contribution in [2.24, 2.45) is 0 Å². The minimum atomic E-state index is -1.82. The Bertz CT molecular complexity index is 708. The van der Waals surface area contributed by atoms with E-state index < -0.39 is 18.8 Å². The lowest BCUT2D eigenvalue weighted by Crippen LogP contribution is -2.41. The highest BCUT2D eigenvalue weighted by atomic mass is 79.9. The van der Waals surface area contributed by atoms with Crippen molar-refractivity contribution in [3.63, 3.8) is 0 Å². The Balaban J connectivity index is 2.70. The van der Waals surface area contributed by atoms with Gasteiger partial charge in [0.05, 0.1) is 16.1 Å². The fraction of sp³-hybridized carbons (Fsp3) is 0.308. The number of ether oxygens (including phenoxy) is 1. The van der Waals surface area contributed by atoms with E-state index in [0.29, 0.717) is 15.9 Å². The molecule has 0 saturated heterocycles. The number of hydrogen-bond donors (Lipinski definition) is 2. The second kappa shape index (κ2) is 5.64. The summed E-state index contributed by atoms with van der Waals surface area (Å²) < 4.78 is 7.10. The molecular formula is C13H14BBrClNO4. The van der Waals surface area contributed by atoms with Crippen LogP contribution in [0.4, 0.5) is 4.79 Å². The van der Waals surface area contributed by atoms with Crippen LogP contribution in [0.2, 0.25) is 5.02 Å². The molecule has 0 saturated carbocycles. The molecule has 2 rings (SSSR count). The van der Waals surface area contributed by atoms with E-state index in [-0.39, 0.29) is 5.59 Å². The van der Waals surface area contributed by atoms with Gasteiger partial charge in [-0.2, -0.15) is 0 Å². The minimum Gasteiger partial charge on any atom is -0.443 e. The molecule has 0 spiro atoms. The molecule has 112 valence electrons. The number of carbonyl (C=O) groups is 1. The highest BCUT2D eigenvalue weighted by molar-refractivity contribution is 9.10. The number of benzene rings is 1. The summed E-state index contributed by atoms with van der Waals surface area (Å²) in [5.74, 6) is 0. The number of nitrogens with zero attached hydrogens (tertiary/aromatic N) is 1.